The number of carboxylic acid groups (broad SMARTS) is 1. The topological polar surface area (TPSA) is 57.6 Å². The van der Waals surface area contributed by atoms with E-state index in [0.29, 0.717) is 19.4 Å². The smallest absolute Gasteiger partial charge is 0.310 e. The fourth-order valence-corrected chi connectivity index (χ4v) is 2.94. The zero-order chi connectivity index (χ0) is 15.0. The van der Waals surface area contributed by atoms with Gasteiger partial charge in [-0.3, -0.25) is 9.59 Å². The van der Waals surface area contributed by atoms with Crippen LogP contribution in [0.25, 0.3) is 0 Å². The molecular weight excluding hydrogens is 254 g/mol. The van der Waals surface area contributed by atoms with Crippen molar-refractivity contribution < 1.29 is 14.7 Å². The monoisotopic (exact) mass is 279 g/mol. The van der Waals surface area contributed by atoms with Crippen molar-refractivity contribution in [2.45, 2.75) is 58.3 Å². The maximum absolute atomic E-state index is 12.4. The van der Waals surface area contributed by atoms with Gasteiger partial charge in [-0.05, 0) is 19.3 Å². The van der Waals surface area contributed by atoms with Crippen LogP contribution < -0.4 is 0 Å². The van der Waals surface area contributed by atoms with Gasteiger partial charge in [0, 0.05) is 13.0 Å². The van der Waals surface area contributed by atoms with E-state index < -0.39 is 11.4 Å². The van der Waals surface area contributed by atoms with Crippen LogP contribution in [0.5, 0.6) is 0 Å². The molecule has 1 aliphatic rings. The molecule has 0 bridgehead atoms. The molecule has 1 amide bonds. The largest absolute Gasteiger partial charge is 0.481 e. The van der Waals surface area contributed by atoms with Gasteiger partial charge in [0.05, 0.1) is 12.0 Å². The number of hydrogen-bond donors (Lipinski definition) is 1. The Morgan fingerprint density at radius 1 is 1.25 bits per heavy atom. The molecule has 0 radical (unpaired) electrons. The van der Waals surface area contributed by atoms with E-state index >= 15 is 0 Å². The summed E-state index contributed by atoms with van der Waals surface area (Å²) in [6.45, 7) is 2.84. The summed E-state index contributed by atoms with van der Waals surface area (Å²) in [6.07, 6.45) is 11.3. The number of nitrogens with zero attached hydrogens (tertiary/aromatic N) is 1. The molecule has 1 N–H and O–H groups in total. The van der Waals surface area contributed by atoms with E-state index in [1.807, 2.05) is 6.92 Å². The molecule has 0 aromatic heterocycles. The van der Waals surface area contributed by atoms with Crippen LogP contribution in [0.2, 0.25) is 0 Å². The summed E-state index contributed by atoms with van der Waals surface area (Å²) in [5.74, 6) is 1.54. The summed E-state index contributed by atoms with van der Waals surface area (Å²) < 4.78 is 0. The molecule has 4 heteroatoms. The zero-order valence-electron chi connectivity index (χ0n) is 12.4. The summed E-state index contributed by atoms with van der Waals surface area (Å²) in [7, 11) is 0. The Balaban J connectivity index is 2.80. The number of amides is 1. The highest BCUT2D eigenvalue weighted by atomic mass is 16.4. The first-order valence-corrected chi connectivity index (χ1v) is 7.50. The van der Waals surface area contributed by atoms with E-state index in [2.05, 4.69) is 5.92 Å². The SMILES string of the molecule is C#CCN(CCC)C(=O)CC1(C(=O)O)CCCCCC1. The molecule has 0 aromatic rings. The minimum atomic E-state index is -0.881. The van der Waals surface area contributed by atoms with Crippen LogP contribution >= 0.6 is 0 Å². The summed E-state index contributed by atoms with van der Waals surface area (Å²) in [5, 5.41) is 9.59. The van der Waals surface area contributed by atoms with E-state index in [4.69, 9.17) is 6.42 Å². The maximum atomic E-state index is 12.4. The van der Waals surface area contributed by atoms with Gasteiger partial charge in [-0.25, -0.2) is 0 Å². The van der Waals surface area contributed by atoms with E-state index in [1.54, 1.807) is 4.90 Å². The molecule has 0 aromatic carbocycles. The molecule has 0 aliphatic heterocycles. The first-order valence-electron chi connectivity index (χ1n) is 7.50. The van der Waals surface area contributed by atoms with Gasteiger partial charge in [0.25, 0.3) is 0 Å². The lowest BCUT2D eigenvalue weighted by atomic mass is 9.77. The van der Waals surface area contributed by atoms with Crippen molar-refractivity contribution in [2.24, 2.45) is 5.41 Å². The van der Waals surface area contributed by atoms with Gasteiger partial charge in [-0.1, -0.05) is 38.5 Å². The van der Waals surface area contributed by atoms with Crippen LogP contribution in [0.1, 0.15) is 58.3 Å². The Labute approximate surface area is 121 Å². The van der Waals surface area contributed by atoms with Gasteiger partial charge in [-0.2, -0.15) is 0 Å². The van der Waals surface area contributed by atoms with Crippen molar-refractivity contribution in [2.75, 3.05) is 13.1 Å². The molecular formula is C16H25NO3. The van der Waals surface area contributed by atoms with E-state index in [0.717, 1.165) is 32.1 Å². The van der Waals surface area contributed by atoms with Crippen LogP contribution in [0.3, 0.4) is 0 Å². The van der Waals surface area contributed by atoms with Crippen LogP contribution in [-0.2, 0) is 9.59 Å². The number of carbonyl (C=O) groups excluding carboxylic acids is 1. The molecule has 0 unspecified atom stereocenters. The summed E-state index contributed by atoms with van der Waals surface area (Å²) in [4.78, 5) is 25.7. The number of aliphatic carboxylic acids is 1. The Morgan fingerprint density at radius 2 is 1.85 bits per heavy atom. The van der Waals surface area contributed by atoms with Gasteiger partial charge in [-0.15, -0.1) is 6.42 Å². The number of terminal acetylenes is 1. The van der Waals surface area contributed by atoms with Crippen molar-refractivity contribution >= 4 is 11.9 Å². The minimum absolute atomic E-state index is 0.0873. The predicted octanol–water partition coefficient (Wildman–Crippen LogP) is 2.67. The third-order valence-electron chi connectivity index (χ3n) is 4.13. The van der Waals surface area contributed by atoms with Crippen molar-refractivity contribution in [3.63, 3.8) is 0 Å². The number of hydrogen-bond acceptors (Lipinski definition) is 2. The molecule has 0 heterocycles. The molecule has 0 atom stereocenters. The lowest BCUT2D eigenvalue weighted by Gasteiger charge is -2.30. The highest BCUT2D eigenvalue weighted by Crippen LogP contribution is 2.38. The third-order valence-corrected chi connectivity index (χ3v) is 4.13. The number of carbonyl (C=O) groups is 2. The third kappa shape index (κ3) is 4.26. The van der Waals surface area contributed by atoms with E-state index in [9.17, 15) is 14.7 Å². The fraction of sp³-hybridized carbons (Fsp3) is 0.750. The second-order valence-electron chi connectivity index (χ2n) is 5.70. The molecule has 1 rings (SSSR count). The normalized spacial score (nSPS) is 17.8. The molecule has 0 saturated heterocycles. The molecule has 4 nitrogen and oxygen atoms in total. The van der Waals surface area contributed by atoms with Crippen LogP contribution in [-0.4, -0.2) is 35.0 Å². The van der Waals surface area contributed by atoms with E-state index in [1.165, 1.54) is 0 Å². The first-order chi connectivity index (χ1) is 9.55. The standard InChI is InChI=1S/C16H25NO3/c1-3-11-17(12-4-2)14(18)13-16(15(19)20)9-7-5-6-8-10-16/h1H,4-13H2,2H3,(H,19,20). The molecule has 112 valence electrons. The molecule has 1 saturated carbocycles. The quantitative estimate of drug-likeness (QED) is 0.600. The van der Waals surface area contributed by atoms with Gasteiger partial charge < -0.3 is 10.0 Å². The molecule has 1 aliphatic carbocycles. The van der Waals surface area contributed by atoms with Gasteiger partial charge in [0.15, 0.2) is 0 Å². The van der Waals surface area contributed by atoms with Crippen molar-refractivity contribution in [3.05, 3.63) is 0 Å². The van der Waals surface area contributed by atoms with Gasteiger partial charge >= 0.3 is 5.97 Å². The number of carboxylic acids is 1. The van der Waals surface area contributed by atoms with Crippen molar-refractivity contribution in [1.82, 2.24) is 4.90 Å². The van der Waals surface area contributed by atoms with Gasteiger partial charge in [0.2, 0.25) is 5.91 Å². The summed E-state index contributed by atoms with van der Waals surface area (Å²) in [5.41, 5.74) is -0.881. The number of rotatable bonds is 6. The lowest BCUT2D eigenvalue weighted by molar-refractivity contribution is -0.154. The van der Waals surface area contributed by atoms with Crippen molar-refractivity contribution in [1.29, 1.82) is 0 Å². The van der Waals surface area contributed by atoms with Crippen molar-refractivity contribution in [3.8, 4) is 12.3 Å². The summed E-state index contributed by atoms with van der Waals surface area (Å²) in [6, 6.07) is 0. The Bertz CT molecular complexity index is 376. The highest BCUT2D eigenvalue weighted by Gasteiger charge is 2.41. The van der Waals surface area contributed by atoms with Gasteiger partial charge in [0.1, 0.15) is 0 Å². The first kappa shape index (κ1) is 16.6. The second-order valence-corrected chi connectivity index (χ2v) is 5.70. The van der Waals surface area contributed by atoms with Crippen LogP contribution in [0.15, 0.2) is 0 Å². The molecule has 1 fully saturated rings. The Morgan fingerprint density at radius 3 is 2.30 bits per heavy atom. The maximum Gasteiger partial charge on any atom is 0.310 e. The average Bonchev–Trinajstić information content (AvgIpc) is 2.65. The zero-order valence-corrected chi connectivity index (χ0v) is 12.4. The fourth-order valence-electron chi connectivity index (χ4n) is 2.94. The van der Waals surface area contributed by atoms with E-state index in [-0.39, 0.29) is 18.9 Å². The Kier molecular flexibility index (Phi) is 6.57. The summed E-state index contributed by atoms with van der Waals surface area (Å²) >= 11 is 0. The molecule has 0 spiro atoms. The second kappa shape index (κ2) is 7.94. The predicted molar refractivity (Wildman–Crippen MR) is 78.1 cm³/mol. The average molecular weight is 279 g/mol. The lowest BCUT2D eigenvalue weighted by Crippen LogP contribution is -2.40. The van der Waals surface area contributed by atoms with Crippen LogP contribution in [0.4, 0.5) is 0 Å². The van der Waals surface area contributed by atoms with Crippen LogP contribution in [0, 0.1) is 17.8 Å². The molecule has 20 heavy (non-hydrogen) atoms. The minimum Gasteiger partial charge on any atom is -0.481 e. The highest BCUT2D eigenvalue weighted by molar-refractivity contribution is 5.85. The Hall–Kier alpha value is -1.50.